The lowest BCUT2D eigenvalue weighted by atomic mass is 9.94. The van der Waals surface area contributed by atoms with Crippen molar-refractivity contribution in [1.82, 2.24) is 0 Å². The van der Waals surface area contributed by atoms with E-state index in [1.54, 1.807) is 30.3 Å². The molecule has 1 atom stereocenters. The number of aliphatic hydroxyl groups is 1. The van der Waals surface area contributed by atoms with Crippen LogP contribution >= 0.6 is 15.9 Å². The number of carbonyl (C=O) groups excluding carboxylic acids is 2. The summed E-state index contributed by atoms with van der Waals surface area (Å²) in [7, 11) is 0. The Kier molecular flexibility index (Phi) is 5.50. The van der Waals surface area contributed by atoms with Crippen molar-refractivity contribution in [1.29, 1.82) is 0 Å². The van der Waals surface area contributed by atoms with Crippen molar-refractivity contribution in [3.8, 4) is 0 Å². The van der Waals surface area contributed by atoms with Gasteiger partial charge in [0.1, 0.15) is 11.6 Å². The maximum Gasteiger partial charge on any atom is 0.300 e. The first-order chi connectivity index (χ1) is 14.8. The van der Waals surface area contributed by atoms with E-state index >= 15 is 0 Å². The van der Waals surface area contributed by atoms with Gasteiger partial charge in [0.25, 0.3) is 11.7 Å². The van der Waals surface area contributed by atoms with Crippen molar-refractivity contribution in [2.45, 2.75) is 19.9 Å². The van der Waals surface area contributed by atoms with Gasteiger partial charge in [0.2, 0.25) is 0 Å². The highest BCUT2D eigenvalue weighted by Crippen LogP contribution is 2.43. The third-order valence-electron chi connectivity index (χ3n) is 5.44. The monoisotopic (exact) mass is 479 g/mol. The molecule has 3 aromatic carbocycles. The molecule has 1 saturated heterocycles. The molecule has 0 spiro atoms. The van der Waals surface area contributed by atoms with Gasteiger partial charge in [0.15, 0.2) is 0 Å². The topological polar surface area (TPSA) is 57.6 Å². The minimum Gasteiger partial charge on any atom is -0.507 e. The second kappa shape index (κ2) is 8.12. The van der Waals surface area contributed by atoms with E-state index in [1.807, 2.05) is 26.0 Å². The summed E-state index contributed by atoms with van der Waals surface area (Å²) in [6.07, 6.45) is 0. The molecule has 0 aromatic heterocycles. The van der Waals surface area contributed by atoms with Gasteiger partial charge in [-0.1, -0.05) is 52.3 Å². The number of ketones is 1. The van der Waals surface area contributed by atoms with Gasteiger partial charge in [0, 0.05) is 15.7 Å². The minimum atomic E-state index is -0.884. The first kappa shape index (κ1) is 21.0. The first-order valence-corrected chi connectivity index (χ1v) is 10.5. The van der Waals surface area contributed by atoms with E-state index in [9.17, 15) is 19.1 Å². The predicted molar refractivity (Wildman–Crippen MR) is 121 cm³/mol. The fourth-order valence-electron chi connectivity index (χ4n) is 3.82. The van der Waals surface area contributed by atoms with Crippen molar-refractivity contribution in [2.24, 2.45) is 0 Å². The largest absolute Gasteiger partial charge is 0.507 e. The summed E-state index contributed by atoms with van der Waals surface area (Å²) in [6.45, 7) is 3.71. The van der Waals surface area contributed by atoms with Gasteiger partial charge in [-0.2, -0.15) is 0 Å². The standard InChI is InChI=1S/C25H19BrFNO3/c1-14-5-3-4-6-20(14)28-22(16-7-10-18(27)11-8-16)21(24(30)25(28)31)23(29)17-9-12-19(26)15(2)13-17/h3-13,22,29H,1-2H3/b23-21-. The Morgan fingerprint density at radius 1 is 0.968 bits per heavy atom. The summed E-state index contributed by atoms with van der Waals surface area (Å²) in [5, 5.41) is 11.1. The van der Waals surface area contributed by atoms with Gasteiger partial charge >= 0.3 is 0 Å². The molecule has 156 valence electrons. The summed E-state index contributed by atoms with van der Waals surface area (Å²) in [5.74, 6) is -2.21. The normalized spacial score (nSPS) is 17.9. The second-order valence-electron chi connectivity index (χ2n) is 7.47. The van der Waals surface area contributed by atoms with Gasteiger partial charge in [-0.25, -0.2) is 4.39 Å². The van der Waals surface area contributed by atoms with E-state index in [2.05, 4.69) is 15.9 Å². The number of nitrogens with zero attached hydrogens (tertiary/aromatic N) is 1. The lowest BCUT2D eigenvalue weighted by Gasteiger charge is -2.26. The fraction of sp³-hybridized carbons (Fsp3) is 0.120. The number of anilines is 1. The Labute approximate surface area is 187 Å². The van der Waals surface area contributed by atoms with E-state index < -0.39 is 23.5 Å². The van der Waals surface area contributed by atoms with Crippen LogP contribution in [0.25, 0.3) is 5.76 Å². The number of rotatable bonds is 3. The van der Waals surface area contributed by atoms with Crippen LogP contribution in [0.3, 0.4) is 0 Å². The molecule has 1 aliphatic rings. The molecule has 0 bridgehead atoms. The number of carbonyl (C=O) groups is 2. The van der Waals surface area contributed by atoms with Crippen molar-refractivity contribution >= 4 is 39.1 Å². The van der Waals surface area contributed by atoms with E-state index in [0.717, 1.165) is 15.6 Å². The number of Topliss-reactive ketones (excluding diaryl/α,β-unsaturated/α-hetero) is 1. The molecule has 4 nitrogen and oxygen atoms in total. The van der Waals surface area contributed by atoms with Crippen LogP contribution in [0.1, 0.15) is 28.3 Å². The van der Waals surface area contributed by atoms with Crippen LogP contribution in [0, 0.1) is 19.7 Å². The summed E-state index contributed by atoms with van der Waals surface area (Å²) in [4.78, 5) is 27.6. The number of aliphatic hydroxyl groups excluding tert-OH is 1. The van der Waals surface area contributed by atoms with Crippen LogP contribution in [-0.4, -0.2) is 16.8 Å². The van der Waals surface area contributed by atoms with E-state index in [-0.39, 0.29) is 11.3 Å². The van der Waals surface area contributed by atoms with Crippen LogP contribution in [0.5, 0.6) is 0 Å². The Morgan fingerprint density at radius 3 is 2.29 bits per heavy atom. The minimum absolute atomic E-state index is 0.0263. The summed E-state index contributed by atoms with van der Waals surface area (Å²) < 4.78 is 14.5. The van der Waals surface area contributed by atoms with Crippen molar-refractivity contribution < 1.29 is 19.1 Å². The Hall–Kier alpha value is -3.25. The number of benzene rings is 3. The Balaban J connectivity index is 1.97. The number of hydrogen-bond donors (Lipinski definition) is 1. The smallest absolute Gasteiger partial charge is 0.300 e. The number of halogens is 2. The second-order valence-corrected chi connectivity index (χ2v) is 8.33. The van der Waals surface area contributed by atoms with Crippen molar-refractivity contribution in [2.75, 3.05) is 4.90 Å². The predicted octanol–water partition coefficient (Wildman–Crippen LogP) is 5.83. The quantitative estimate of drug-likeness (QED) is 0.292. The van der Waals surface area contributed by atoms with Crippen molar-refractivity contribution in [3.63, 3.8) is 0 Å². The Bertz CT molecular complexity index is 1230. The summed E-state index contributed by atoms with van der Waals surface area (Å²) in [6, 6.07) is 17.1. The molecule has 0 saturated carbocycles. The van der Waals surface area contributed by atoms with Gasteiger partial charge in [0.05, 0.1) is 11.6 Å². The molecule has 1 aliphatic heterocycles. The number of hydrogen-bond acceptors (Lipinski definition) is 3. The maximum atomic E-state index is 13.6. The summed E-state index contributed by atoms with van der Waals surface area (Å²) >= 11 is 3.42. The number of amides is 1. The molecule has 6 heteroatoms. The van der Waals surface area contributed by atoms with Crippen LogP contribution in [0.2, 0.25) is 0 Å². The van der Waals surface area contributed by atoms with Crippen molar-refractivity contribution in [3.05, 3.63) is 105 Å². The highest BCUT2D eigenvalue weighted by molar-refractivity contribution is 9.10. The van der Waals surface area contributed by atoms with Gasteiger partial charge < -0.3 is 5.11 Å². The third kappa shape index (κ3) is 3.68. The molecule has 0 aliphatic carbocycles. The zero-order chi connectivity index (χ0) is 22.3. The molecule has 0 radical (unpaired) electrons. The van der Waals surface area contributed by atoms with E-state index in [1.165, 1.54) is 29.2 Å². The number of para-hydroxylation sites is 1. The number of aryl methyl sites for hydroxylation is 2. The molecule has 1 heterocycles. The van der Waals surface area contributed by atoms with Gasteiger partial charge in [-0.15, -0.1) is 0 Å². The van der Waals surface area contributed by atoms with Crippen LogP contribution < -0.4 is 4.90 Å². The molecule has 1 N–H and O–H groups in total. The molecule has 1 fully saturated rings. The van der Waals surface area contributed by atoms with Crippen LogP contribution in [0.4, 0.5) is 10.1 Å². The summed E-state index contributed by atoms with van der Waals surface area (Å²) in [5.41, 5.74) is 3.16. The zero-order valence-electron chi connectivity index (χ0n) is 16.9. The average molecular weight is 480 g/mol. The van der Waals surface area contributed by atoms with Gasteiger partial charge in [-0.3, -0.25) is 14.5 Å². The van der Waals surface area contributed by atoms with E-state index in [4.69, 9.17) is 0 Å². The van der Waals surface area contributed by atoms with Crippen LogP contribution in [0.15, 0.2) is 76.8 Å². The fourth-order valence-corrected chi connectivity index (χ4v) is 4.07. The van der Waals surface area contributed by atoms with Crippen LogP contribution in [-0.2, 0) is 9.59 Å². The molecule has 3 aromatic rings. The highest BCUT2D eigenvalue weighted by Gasteiger charge is 2.47. The lowest BCUT2D eigenvalue weighted by molar-refractivity contribution is -0.132. The molecule has 1 unspecified atom stereocenters. The molecule has 31 heavy (non-hydrogen) atoms. The molecule has 4 rings (SSSR count). The lowest BCUT2D eigenvalue weighted by Crippen LogP contribution is -2.30. The average Bonchev–Trinajstić information content (AvgIpc) is 3.01. The third-order valence-corrected chi connectivity index (χ3v) is 6.33. The maximum absolute atomic E-state index is 13.6. The molecular weight excluding hydrogens is 461 g/mol. The SMILES string of the molecule is Cc1cc(/C(O)=C2/C(=O)C(=O)N(c3ccccc3C)C2c2ccc(F)cc2)ccc1Br. The molecule has 1 amide bonds. The highest BCUT2D eigenvalue weighted by atomic mass is 79.9. The van der Waals surface area contributed by atoms with E-state index in [0.29, 0.717) is 16.8 Å². The Morgan fingerprint density at radius 2 is 1.65 bits per heavy atom. The van der Waals surface area contributed by atoms with Gasteiger partial charge in [-0.05, 0) is 60.9 Å². The molecular formula is C25H19BrFNO3. The first-order valence-electron chi connectivity index (χ1n) is 9.68. The zero-order valence-corrected chi connectivity index (χ0v) is 18.5.